The lowest BCUT2D eigenvalue weighted by atomic mass is 9.98. The molecule has 0 spiro atoms. The Kier molecular flexibility index (Phi) is 7.29. The zero-order chi connectivity index (χ0) is 11.7. The lowest BCUT2D eigenvalue weighted by Crippen LogP contribution is -2.40. The third kappa shape index (κ3) is 7.30. The zero-order valence-corrected chi connectivity index (χ0v) is 9.58. The van der Waals surface area contributed by atoms with Gasteiger partial charge in [-0.05, 0) is 12.8 Å². The molecule has 0 unspecified atom stereocenters. The van der Waals surface area contributed by atoms with Crippen molar-refractivity contribution in [3.8, 4) is 0 Å². The van der Waals surface area contributed by atoms with Crippen molar-refractivity contribution in [3.05, 3.63) is 0 Å². The fourth-order valence-corrected chi connectivity index (χ4v) is 1.14. The number of nitrogens with two attached hydrogens (primary N) is 1. The van der Waals surface area contributed by atoms with Crippen molar-refractivity contribution in [2.75, 3.05) is 26.3 Å². The third-order valence-corrected chi connectivity index (χ3v) is 2.44. The van der Waals surface area contributed by atoms with E-state index in [2.05, 4.69) is 5.32 Å². The van der Waals surface area contributed by atoms with E-state index in [-0.39, 0.29) is 6.61 Å². The molecule has 0 rings (SSSR count). The van der Waals surface area contributed by atoms with Gasteiger partial charge in [0, 0.05) is 13.1 Å². The molecule has 0 fully saturated rings. The largest absolute Gasteiger partial charge is 0.389 e. The van der Waals surface area contributed by atoms with E-state index < -0.39 is 11.5 Å². The van der Waals surface area contributed by atoms with Crippen molar-refractivity contribution in [2.24, 2.45) is 5.73 Å². The Hall–Kier alpha value is -0.650. The monoisotopic (exact) mass is 218 g/mol. The van der Waals surface area contributed by atoms with Crippen molar-refractivity contribution in [1.82, 2.24) is 5.32 Å². The van der Waals surface area contributed by atoms with Gasteiger partial charge in [-0.2, -0.15) is 0 Å². The van der Waals surface area contributed by atoms with Crippen molar-refractivity contribution in [3.63, 3.8) is 0 Å². The first-order valence-corrected chi connectivity index (χ1v) is 5.33. The molecule has 90 valence electrons. The van der Waals surface area contributed by atoms with Gasteiger partial charge in [-0.1, -0.05) is 13.8 Å². The van der Waals surface area contributed by atoms with E-state index >= 15 is 0 Å². The average Bonchev–Trinajstić information content (AvgIpc) is 2.22. The number of hydrogen-bond donors (Lipinski definition) is 3. The van der Waals surface area contributed by atoms with Crippen LogP contribution in [0.15, 0.2) is 0 Å². The van der Waals surface area contributed by atoms with Crippen LogP contribution in [0.4, 0.5) is 0 Å². The molecular formula is C10H22N2O3. The predicted molar refractivity (Wildman–Crippen MR) is 58.4 cm³/mol. The van der Waals surface area contributed by atoms with Gasteiger partial charge in [0.05, 0.1) is 12.2 Å². The quantitative estimate of drug-likeness (QED) is 0.461. The third-order valence-electron chi connectivity index (χ3n) is 2.44. The first-order chi connectivity index (χ1) is 7.04. The maximum absolute atomic E-state index is 10.3. The van der Waals surface area contributed by atoms with Crippen LogP contribution in [0.25, 0.3) is 0 Å². The topological polar surface area (TPSA) is 84.6 Å². The van der Waals surface area contributed by atoms with Gasteiger partial charge in [-0.15, -0.1) is 0 Å². The van der Waals surface area contributed by atoms with Crippen LogP contribution in [0.1, 0.15) is 26.7 Å². The first kappa shape index (κ1) is 14.3. The molecule has 0 heterocycles. The predicted octanol–water partition coefficient (Wildman–Crippen LogP) is -0.371. The molecule has 0 saturated carbocycles. The maximum atomic E-state index is 10.3. The first-order valence-electron chi connectivity index (χ1n) is 5.33. The van der Waals surface area contributed by atoms with Crippen LogP contribution in [0.5, 0.6) is 0 Å². The minimum Gasteiger partial charge on any atom is -0.389 e. The average molecular weight is 218 g/mol. The number of carbonyl (C=O) groups excluding carboxylic acids is 1. The highest BCUT2D eigenvalue weighted by molar-refractivity contribution is 5.74. The second kappa shape index (κ2) is 7.62. The summed E-state index contributed by atoms with van der Waals surface area (Å²) in [5, 5.41) is 13.0. The number of aliphatic hydroxyl groups is 1. The molecule has 1 amide bonds. The van der Waals surface area contributed by atoms with Crippen LogP contribution in [0, 0.1) is 0 Å². The highest BCUT2D eigenvalue weighted by atomic mass is 16.5. The van der Waals surface area contributed by atoms with Crippen LogP contribution >= 0.6 is 0 Å². The van der Waals surface area contributed by atoms with Crippen molar-refractivity contribution < 1.29 is 14.6 Å². The zero-order valence-electron chi connectivity index (χ0n) is 9.58. The summed E-state index contributed by atoms with van der Waals surface area (Å²) in [6.45, 7) is 5.43. The van der Waals surface area contributed by atoms with Gasteiger partial charge in [-0.25, -0.2) is 0 Å². The van der Waals surface area contributed by atoms with E-state index in [0.717, 1.165) is 12.8 Å². The molecule has 0 atom stereocenters. The standard InChI is InChI=1S/C10H22N2O3/c1-3-10(14,4-2)8-12-5-6-15-7-9(11)13/h12,14H,3-8H2,1-2H3,(H2,11,13). The summed E-state index contributed by atoms with van der Waals surface area (Å²) in [4.78, 5) is 10.3. The molecule has 0 aliphatic rings. The number of ether oxygens (including phenoxy) is 1. The van der Waals surface area contributed by atoms with Crippen molar-refractivity contribution in [2.45, 2.75) is 32.3 Å². The minimum absolute atomic E-state index is 0.0481. The molecule has 0 aromatic heterocycles. The molecule has 0 bridgehead atoms. The Morgan fingerprint density at radius 3 is 2.53 bits per heavy atom. The SMILES string of the molecule is CCC(O)(CC)CNCCOCC(N)=O. The molecule has 0 aliphatic carbocycles. The Balaban J connectivity index is 3.41. The van der Waals surface area contributed by atoms with E-state index in [1.165, 1.54) is 0 Å². The summed E-state index contributed by atoms with van der Waals surface area (Å²) in [6.07, 6.45) is 1.44. The summed E-state index contributed by atoms with van der Waals surface area (Å²) < 4.78 is 4.96. The number of primary amides is 1. The number of rotatable bonds is 9. The molecule has 0 aliphatic heterocycles. The van der Waals surface area contributed by atoms with E-state index in [4.69, 9.17) is 10.5 Å². The van der Waals surface area contributed by atoms with E-state index in [1.54, 1.807) is 0 Å². The molecule has 0 aromatic carbocycles. The summed E-state index contributed by atoms with van der Waals surface area (Å²) >= 11 is 0. The Morgan fingerprint density at radius 2 is 2.07 bits per heavy atom. The van der Waals surface area contributed by atoms with Gasteiger partial charge in [0.1, 0.15) is 6.61 Å². The van der Waals surface area contributed by atoms with Gasteiger partial charge in [0.15, 0.2) is 0 Å². The van der Waals surface area contributed by atoms with Gasteiger partial charge >= 0.3 is 0 Å². The number of hydrogen-bond acceptors (Lipinski definition) is 4. The fraction of sp³-hybridized carbons (Fsp3) is 0.900. The number of nitrogens with one attached hydrogen (secondary N) is 1. The molecule has 4 N–H and O–H groups in total. The summed E-state index contributed by atoms with van der Waals surface area (Å²) in [6, 6.07) is 0. The second-order valence-electron chi connectivity index (χ2n) is 3.63. The lowest BCUT2D eigenvalue weighted by molar-refractivity contribution is -0.122. The molecule has 0 saturated heterocycles. The normalized spacial score (nSPS) is 11.7. The molecular weight excluding hydrogens is 196 g/mol. The molecule has 5 heteroatoms. The van der Waals surface area contributed by atoms with Crippen LogP contribution in [0.3, 0.4) is 0 Å². The van der Waals surface area contributed by atoms with Crippen molar-refractivity contribution in [1.29, 1.82) is 0 Å². The van der Waals surface area contributed by atoms with Crippen LogP contribution in [-0.4, -0.2) is 42.9 Å². The molecule has 15 heavy (non-hydrogen) atoms. The Labute approximate surface area is 91.0 Å². The highest BCUT2D eigenvalue weighted by Gasteiger charge is 2.20. The van der Waals surface area contributed by atoms with Crippen LogP contribution < -0.4 is 11.1 Å². The maximum Gasteiger partial charge on any atom is 0.243 e. The van der Waals surface area contributed by atoms with Crippen molar-refractivity contribution >= 4 is 5.91 Å². The number of amides is 1. The number of carbonyl (C=O) groups is 1. The fourth-order valence-electron chi connectivity index (χ4n) is 1.14. The van der Waals surface area contributed by atoms with Gasteiger partial charge < -0.3 is 20.9 Å². The van der Waals surface area contributed by atoms with Crippen LogP contribution in [0.2, 0.25) is 0 Å². The molecule has 5 nitrogen and oxygen atoms in total. The Bertz CT molecular complexity index is 182. The van der Waals surface area contributed by atoms with E-state index in [0.29, 0.717) is 19.7 Å². The molecule has 0 radical (unpaired) electrons. The summed E-state index contributed by atoms with van der Waals surface area (Å²) in [7, 11) is 0. The van der Waals surface area contributed by atoms with Gasteiger partial charge in [-0.3, -0.25) is 4.79 Å². The highest BCUT2D eigenvalue weighted by Crippen LogP contribution is 2.12. The van der Waals surface area contributed by atoms with Crippen LogP contribution in [-0.2, 0) is 9.53 Å². The van der Waals surface area contributed by atoms with Gasteiger partial charge in [0.2, 0.25) is 5.91 Å². The summed E-state index contributed by atoms with van der Waals surface area (Å²) in [5.74, 6) is -0.464. The van der Waals surface area contributed by atoms with Gasteiger partial charge in [0.25, 0.3) is 0 Å². The summed E-state index contributed by atoms with van der Waals surface area (Å²) in [5.41, 5.74) is 4.26. The second-order valence-corrected chi connectivity index (χ2v) is 3.63. The molecule has 0 aromatic rings. The lowest BCUT2D eigenvalue weighted by Gasteiger charge is -2.25. The minimum atomic E-state index is -0.635. The van der Waals surface area contributed by atoms with E-state index in [1.807, 2.05) is 13.8 Å². The van der Waals surface area contributed by atoms with E-state index in [9.17, 15) is 9.90 Å². The Morgan fingerprint density at radius 1 is 1.47 bits per heavy atom. The smallest absolute Gasteiger partial charge is 0.243 e.